The zero-order valence-electron chi connectivity index (χ0n) is 9.08. The summed E-state index contributed by atoms with van der Waals surface area (Å²) in [5.74, 6) is 0.155. The van der Waals surface area contributed by atoms with Crippen LogP contribution < -0.4 is 11.1 Å². The first kappa shape index (κ1) is 10.9. The molecule has 0 radical (unpaired) electrons. The molecule has 0 aromatic rings. The van der Waals surface area contributed by atoms with Crippen molar-refractivity contribution in [3.8, 4) is 0 Å². The number of rotatable bonds is 3. The van der Waals surface area contributed by atoms with Gasteiger partial charge < -0.3 is 15.8 Å². The van der Waals surface area contributed by atoms with Crippen molar-refractivity contribution in [2.24, 2.45) is 11.7 Å². The van der Waals surface area contributed by atoms with Crippen LogP contribution in [-0.4, -0.2) is 31.2 Å². The van der Waals surface area contributed by atoms with Crippen molar-refractivity contribution in [3.63, 3.8) is 0 Å². The summed E-state index contributed by atoms with van der Waals surface area (Å²) in [7, 11) is 0. The molecule has 1 aliphatic carbocycles. The van der Waals surface area contributed by atoms with Crippen LogP contribution in [0, 0.1) is 5.92 Å². The van der Waals surface area contributed by atoms with Gasteiger partial charge in [0.1, 0.15) is 0 Å². The minimum Gasteiger partial charge on any atom is -0.376 e. The molecule has 1 aliphatic heterocycles. The van der Waals surface area contributed by atoms with E-state index in [0.717, 1.165) is 38.7 Å². The summed E-state index contributed by atoms with van der Waals surface area (Å²) < 4.78 is 5.45. The molecule has 0 aromatic heterocycles. The molecule has 1 saturated carbocycles. The van der Waals surface area contributed by atoms with Gasteiger partial charge in [-0.2, -0.15) is 0 Å². The van der Waals surface area contributed by atoms with Gasteiger partial charge in [0.25, 0.3) is 0 Å². The Morgan fingerprint density at radius 1 is 1.33 bits per heavy atom. The summed E-state index contributed by atoms with van der Waals surface area (Å²) in [6, 6.07) is 0.0643. The highest BCUT2D eigenvalue weighted by atomic mass is 16.5. The maximum atomic E-state index is 11.8. The molecule has 1 amide bonds. The van der Waals surface area contributed by atoms with Gasteiger partial charge in [-0.15, -0.1) is 0 Å². The van der Waals surface area contributed by atoms with Crippen molar-refractivity contribution in [1.29, 1.82) is 0 Å². The Bertz CT molecular complexity index is 227. The van der Waals surface area contributed by atoms with Crippen LogP contribution in [0.2, 0.25) is 0 Å². The highest BCUT2D eigenvalue weighted by molar-refractivity contribution is 5.79. The average molecular weight is 212 g/mol. The van der Waals surface area contributed by atoms with Crippen molar-refractivity contribution in [2.75, 3.05) is 13.2 Å². The molecule has 3 atom stereocenters. The SMILES string of the molecule is NC1CCCC1C(=O)NCC1CCCO1. The highest BCUT2D eigenvalue weighted by Crippen LogP contribution is 2.24. The van der Waals surface area contributed by atoms with E-state index in [2.05, 4.69) is 5.32 Å². The van der Waals surface area contributed by atoms with E-state index >= 15 is 0 Å². The summed E-state index contributed by atoms with van der Waals surface area (Å²) in [5, 5.41) is 2.95. The fourth-order valence-corrected chi connectivity index (χ4v) is 2.47. The van der Waals surface area contributed by atoms with Crippen molar-refractivity contribution in [2.45, 2.75) is 44.2 Å². The minimum absolute atomic E-state index is 0.0337. The number of hydrogen-bond donors (Lipinski definition) is 2. The smallest absolute Gasteiger partial charge is 0.224 e. The Morgan fingerprint density at radius 3 is 2.80 bits per heavy atom. The number of hydrogen-bond acceptors (Lipinski definition) is 3. The average Bonchev–Trinajstić information content (AvgIpc) is 2.84. The quantitative estimate of drug-likeness (QED) is 0.712. The monoisotopic (exact) mass is 212 g/mol. The van der Waals surface area contributed by atoms with Crippen LogP contribution in [0.4, 0.5) is 0 Å². The van der Waals surface area contributed by atoms with Crippen molar-refractivity contribution >= 4 is 5.91 Å². The van der Waals surface area contributed by atoms with Gasteiger partial charge in [0.2, 0.25) is 5.91 Å². The number of carbonyl (C=O) groups is 1. The second kappa shape index (κ2) is 4.94. The Labute approximate surface area is 90.5 Å². The van der Waals surface area contributed by atoms with Crippen LogP contribution in [0.15, 0.2) is 0 Å². The van der Waals surface area contributed by atoms with E-state index in [9.17, 15) is 4.79 Å². The summed E-state index contributed by atoms with van der Waals surface area (Å²) >= 11 is 0. The molecule has 4 nitrogen and oxygen atoms in total. The van der Waals surface area contributed by atoms with Crippen LogP contribution in [-0.2, 0) is 9.53 Å². The number of nitrogens with two attached hydrogens (primary N) is 1. The molecule has 15 heavy (non-hydrogen) atoms. The molecule has 0 bridgehead atoms. The van der Waals surface area contributed by atoms with Gasteiger partial charge in [0, 0.05) is 19.2 Å². The summed E-state index contributed by atoms with van der Waals surface area (Å²) in [4.78, 5) is 11.8. The lowest BCUT2D eigenvalue weighted by Gasteiger charge is -2.17. The second-order valence-electron chi connectivity index (χ2n) is 4.58. The Morgan fingerprint density at radius 2 is 2.20 bits per heavy atom. The normalized spacial score (nSPS) is 35.7. The lowest BCUT2D eigenvalue weighted by molar-refractivity contribution is -0.125. The van der Waals surface area contributed by atoms with Crippen LogP contribution in [0.5, 0.6) is 0 Å². The van der Waals surface area contributed by atoms with Gasteiger partial charge in [-0.05, 0) is 25.7 Å². The molecule has 2 rings (SSSR count). The van der Waals surface area contributed by atoms with E-state index < -0.39 is 0 Å². The molecule has 1 saturated heterocycles. The van der Waals surface area contributed by atoms with E-state index in [1.807, 2.05) is 0 Å². The molecule has 3 unspecified atom stereocenters. The van der Waals surface area contributed by atoms with Gasteiger partial charge in [-0.1, -0.05) is 6.42 Å². The molecule has 4 heteroatoms. The lowest BCUT2D eigenvalue weighted by Crippen LogP contribution is -2.41. The summed E-state index contributed by atoms with van der Waals surface area (Å²) in [6.07, 6.45) is 5.42. The fourth-order valence-electron chi connectivity index (χ4n) is 2.47. The maximum absolute atomic E-state index is 11.8. The molecule has 0 aromatic carbocycles. The molecule has 86 valence electrons. The number of amides is 1. The number of nitrogens with one attached hydrogen (secondary N) is 1. The van der Waals surface area contributed by atoms with E-state index in [1.54, 1.807) is 0 Å². The van der Waals surface area contributed by atoms with E-state index in [-0.39, 0.29) is 24.0 Å². The number of carbonyl (C=O) groups excluding carboxylic acids is 1. The molecule has 3 N–H and O–H groups in total. The Balaban J connectivity index is 1.71. The van der Waals surface area contributed by atoms with E-state index in [4.69, 9.17) is 10.5 Å². The lowest BCUT2D eigenvalue weighted by atomic mass is 10.0. The second-order valence-corrected chi connectivity index (χ2v) is 4.58. The zero-order valence-corrected chi connectivity index (χ0v) is 9.08. The predicted octanol–water partition coefficient (Wildman–Crippen LogP) is 0.409. The maximum Gasteiger partial charge on any atom is 0.224 e. The van der Waals surface area contributed by atoms with Crippen molar-refractivity contribution in [1.82, 2.24) is 5.32 Å². The molecule has 1 heterocycles. The highest BCUT2D eigenvalue weighted by Gasteiger charge is 2.30. The first-order valence-corrected chi connectivity index (χ1v) is 5.92. The van der Waals surface area contributed by atoms with Crippen molar-refractivity contribution in [3.05, 3.63) is 0 Å². The first-order chi connectivity index (χ1) is 7.27. The van der Waals surface area contributed by atoms with Crippen LogP contribution in [0.3, 0.4) is 0 Å². The molecule has 2 fully saturated rings. The zero-order chi connectivity index (χ0) is 10.7. The fraction of sp³-hybridized carbons (Fsp3) is 0.909. The van der Waals surface area contributed by atoms with Gasteiger partial charge in [0.05, 0.1) is 12.0 Å². The molecular weight excluding hydrogens is 192 g/mol. The van der Waals surface area contributed by atoms with Gasteiger partial charge in [0.15, 0.2) is 0 Å². The molecular formula is C11H20N2O2. The first-order valence-electron chi connectivity index (χ1n) is 5.92. The Kier molecular flexibility index (Phi) is 3.59. The summed E-state index contributed by atoms with van der Waals surface area (Å²) in [6.45, 7) is 1.49. The van der Waals surface area contributed by atoms with E-state index in [0.29, 0.717) is 6.54 Å². The van der Waals surface area contributed by atoms with Gasteiger partial charge >= 0.3 is 0 Å². The third-order valence-electron chi connectivity index (χ3n) is 3.43. The number of ether oxygens (including phenoxy) is 1. The van der Waals surface area contributed by atoms with Gasteiger partial charge in [-0.25, -0.2) is 0 Å². The van der Waals surface area contributed by atoms with Crippen molar-refractivity contribution < 1.29 is 9.53 Å². The van der Waals surface area contributed by atoms with Crippen LogP contribution >= 0.6 is 0 Å². The largest absolute Gasteiger partial charge is 0.376 e. The summed E-state index contributed by atoms with van der Waals surface area (Å²) in [5.41, 5.74) is 5.87. The topological polar surface area (TPSA) is 64.4 Å². The minimum atomic E-state index is 0.0337. The standard InChI is InChI=1S/C11H20N2O2/c12-10-5-1-4-9(10)11(14)13-7-8-3-2-6-15-8/h8-10H,1-7,12H2,(H,13,14). The third kappa shape index (κ3) is 2.69. The van der Waals surface area contributed by atoms with Crippen LogP contribution in [0.25, 0.3) is 0 Å². The molecule has 0 spiro atoms. The third-order valence-corrected chi connectivity index (χ3v) is 3.43. The Hall–Kier alpha value is -0.610. The van der Waals surface area contributed by atoms with Gasteiger partial charge in [-0.3, -0.25) is 4.79 Å². The molecule has 2 aliphatic rings. The van der Waals surface area contributed by atoms with Crippen LogP contribution in [0.1, 0.15) is 32.1 Å². The predicted molar refractivity (Wildman–Crippen MR) is 57.3 cm³/mol. The van der Waals surface area contributed by atoms with E-state index in [1.165, 1.54) is 0 Å².